The average Bonchev–Trinajstić information content (AvgIpc) is 3.08. The van der Waals surface area contributed by atoms with Gasteiger partial charge in [-0.05, 0) is 100.0 Å². The van der Waals surface area contributed by atoms with Crippen LogP contribution >= 0.6 is 0 Å². The molecule has 7 rings (SSSR count). The number of aromatic nitrogens is 4. The second-order valence-electron chi connectivity index (χ2n) is 15.3. The lowest BCUT2D eigenvalue weighted by atomic mass is 9.63. The average molecular weight is 710 g/mol. The summed E-state index contributed by atoms with van der Waals surface area (Å²) in [6, 6.07) is 13.8. The molecule has 3 aliphatic rings. The zero-order valence-electron chi connectivity index (χ0n) is 30.1. The molecule has 51 heavy (non-hydrogen) atoms. The number of amides is 1. The fraction of sp³-hybridized carbons (Fsp3) is 0.462. The third kappa shape index (κ3) is 7.56. The topological polar surface area (TPSA) is 131 Å². The van der Waals surface area contributed by atoms with Crippen LogP contribution in [0.5, 0.6) is 5.88 Å². The highest BCUT2D eigenvalue weighted by Gasteiger charge is 2.39. The van der Waals surface area contributed by atoms with Crippen molar-refractivity contribution in [1.29, 1.82) is 0 Å². The summed E-state index contributed by atoms with van der Waals surface area (Å²) in [4.78, 5) is 37.5. The van der Waals surface area contributed by atoms with Crippen molar-refractivity contribution in [2.75, 3.05) is 22.8 Å². The molecule has 4 bridgehead atoms. The SMILES string of the molecule is Cc1cccc(C)c1-c1cc2nc(n1)NS(=O)(=O)c1cccc(c1)C(=O)N(Cc1cncc(N3CCCC[C@H]3C)n1)[C@H](CC1CC(C)(C)C1)CO2. The summed E-state index contributed by atoms with van der Waals surface area (Å²) in [6.45, 7) is 12.0. The molecule has 11 nitrogen and oxygen atoms in total. The minimum atomic E-state index is -4.17. The Balaban J connectivity index is 1.32. The van der Waals surface area contributed by atoms with E-state index in [1.165, 1.54) is 18.6 Å². The third-order valence-corrected chi connectivity index (χ3v) is 11.9. The van der Waals surface area contributed by atoms with Crippen LogP contribution in [0.15, 0.2) is 65.8 Å². The Labute approximate surface area is 301 Å². The van der Waals surface area contributed by atoms with Crippen LogP contribution in [0.3, 0.4) is 0 Å². The highest BCUT2D eigenvalue weighted by Crippen LogP contribution is 2.47. The number of sulfonamides is 1. The zero-order valence-corrected chi connectivity index (χ0v) is 30.9. The first-order valence-corrected chi connectivity index (χ1v) is 19.4. The molecule has 2 atom stereocenters. The molecule has 1 N–H and O–H groups in total. The summed E-state index contributed by atoms with van der Waals surface area (Å²) >= 11 is 0. The molecule has 1 saturated heterocycles. The van der Waals surface area contributed by atoms with Crippen LogP contribution in [0, 0.1) is 25.2 Å². The summed E-state index contributed by atoms with van der Waals surface area (Å²) < 4.78 is 36.6. The molecule has 0 radical (unpaired) electrons. The number of carbonyl (C=O) groups is 1. The van der Waals surface area contributed by atoms with Crippen LogP contribution in [0.25, 0.3) is 11.3 Å². The van der Waals surface area contributed by atoms with Crippen molar-refractivity contribution in [2.24, 2.45) is 11.3 Å². The van der Waals surface area contributed by atoms with E-state index in [4.69, 9.17) is 9.72 Å². The quantitative estimate of drug-likeness (QED) is 0.226. The van der Waals surface area contributed by atoms with Crippen molar-refractivity contribution < 1.29 is 17.9 Å². The maximum atomic E-state index is 14.7. The molecule has 1 amide bonds. The van der Waals surface area contributed by atoms with E-state index >= 15 is 0 Å². The molecule has 1 aliphatic carbocycles. The highest BCUT2D eigenvalue weighted by atomic mass is 32.2. The minimum absolute atomic E-state index is 0.0609. The fourth-order valence-electron chi connectivity index (χ4n) is 8.14. The van der Waals surface area contributed by atoms with Crippen molar-refractivity contribution in [3.63, 3.8) is 0 Å². The van der Waals surface area contributed by atoms with Gasteiger partial charge in [0.1, 0.15) is 12.4 Å². The van der Waals surface area contributed by atoms with Gasteiger partial charge in [0.25, 0.3) is 15.9 Å². The normalized spacial score (nSPS) is 21.7. The Morgan fingerprint density at radius 1 is 0.980 bits per heavy atom. The molecule has 4 heterocycles. The van der Waals surface area contributed by atoms with E-state index in [1.54, 1.807) is 35.5 Å². The number of benzene rings is 2. The largest absolute Gasteiger partial charge is 0.475 e. The first-order valence-electron chi connectivity index (χ1n) is 18.0. The summed E-state index contributed by atoms with van der Waals surface area (Å²) in [5.74, 6) is 1.02. The Bertz CT molecular complexity index is 2020. The number of piperidine rings is 1. The predicted molar refractivity (Wildman–Crippen MR) is 197 cm³/mol. The van der Waals surface area contributed by atoms with Gasteiger partial charge in [-0.2, -0.15) is 4.98 Å². The van der Waals surface area contributed by atoms with E-state index < -0.39 is 10.0 Å². The van der Waals surface area contributed by atoms with Gasteiger partial charge in [0.15, 0.2) is 0 Å². The fourth-order valence-corrected chi connectivity index (χ4v) is 9.13. The van der Waals surface area contributed by atoms with Gasteiger partial charge in [-0.3, -0.25) is 9.78 Å². The monoisotopic (exact) mass is 709 g/mol. The standard InChI is InChI=1S/C39H47N7O4S/c1-25-10-8-11-26(2)36(25)33-18-35-43-38(42-33)44-51(48,49)32-14-9-13-29(17-32)37(47)46(31(24-50-35)16-28-19-39(4,5)20-28)23-30-21-40-22-34(41-30)45-15-7-6-12-27(45)3/h8-11,13-14,17-18,21-22,27-28,31H,6-7,12,15-16,19-20,23-24H2,1-5H3,(H,42,43,44)/t27-,31-/m1/s1. The highest BCUT2D eigenvalue weighted by molar-refractivity contribution is 7.92. The molecular weight excluding hydrogens is 663 g/mol. The van der Waals surface area contributed by atoms with Crippen LogP contribution < -0.4 is 14.4 Å². The zero-order chi connectivity index (χ0) is 35.9. The van der Waals surface area contributed by atoms with Crippen molar-refractivity contribution in [3.8, 4) is 17.1 Å². The van der Waals surface area contributed by atoms with Crippen LogP contribution in [0.4, 0.5) is 11.8 Å². The summed E-state index contributed by atoms with van der Waals surface area (Å²) in [5, 5.41) is 0. The number of nitrogens with zero attached hydrogens (tertiary/aromatic N) is 6. The maximum Gasteiger partial charge on any atom is 0.264 e. The van der Waals surface area contributed by atoms with E-state index in [0.29, 0.717) is 29.8 Å². The number of nitrogens with one attached hydrogen (secondary N) is 1. The van der Waals surface area contributed by atoms with Crippen LogP contribution in [0.2, 0.25) is 0 Å². The second-order valence-corrected chi connectivity index (χ2v) is 17.0. The van der Waals surface area contributed by atoms with E-state index in [-0.39, 0.29) is 52.8 Å². The summed E-state index contributed by atoms with van der Waals surface area (Å²) in [6.07, 6.45) is 9.69. The van der Waals surface area contributed by atoms with E-state index in [2.05, 4.69) is 45.3 Å². The van der Waals surface area contributed by atoms with Crippen molar-refractivity contribution in [1.82, 2.24) is 24.8 Å². The third-order valence-electron chi connectivity index (χ3n) is 10.6. The predicted octanol–water partition coefficient (Wildman–Crippen LogP) is 6.96. The Morgan fingerprint density at radius 3 is 2.49 bits per heavy atom. The molecular formula is C39H47N7O4S. The van der Waals surface area contributed by atoms with Gasteiger partial charge in [-0.25, -0.2) is 23.1 Å². The minimum Gasteiger partial charge on any atom is -0.475 e. The Morgan fingerprint density at radius 2 is 1.75 bits per heavy atom. The van der Waals surface area contributed by atoms with Crippen molar-refractivity contribution >= 4 is 27.7 Å². The van der Waals surface area contributed by atoms with E-state index in [9.17, 15) is 13.2 Å². The number of fused-ring (bicyclic) bond motifs is 4. The van der Waals surface area contributed by atoms with E-state index in [1.807, 2.05) is 32.0 Å². The molecule has 0 unspecified atom stereocenters. The van der Waals surface area contributed by atoms with Gasteiger partial charge in [-0.1, -0.05) is 38.1 Å². The smallest absolute Gasteiger partial charge is 0.264 e. The molecule has 2 aromatic carbocycles. The number of carbonyl (C=O) groups excluding carboxylic acids is 1. The number of hydrogen-bond acceptors (Lipinski definition) is 9. The first-order chi connectivity index (χ1) is 24.3. The van der Waals surface area contributed by atoms with Crippen molar-refractivity contribution in [3.05, 3.63) is 83.3 Å². The molecule has 12 heteroatoms. The number of hydrogen-bond donors (Lipinski definition) is 1. The second kappa shape index (κ2) is 13.9. The lowest BCUT2D eigenvalue weighted by Crippen LogP contribution is -2.46. The molecule has 268 valence electrons. The molecule has 2 aromatic heterocycles. The summed E-state index contributed by atoms with van der Waals surface area (Å²) in [5.41, 5.74) is 4.56. The van der Waals surface area contributed by atoms with Gasteiger partial charge in [0.2, 0.25) is 11.8 Å². The molecule has 4 aromatic rings. The first kappa shape index (κ1) is 34.9. The van der Waals surface area contributed by atoms with Crippen molar-refractivity contribution in [2.45, 2.75) is 96.7 Å². The van der Waals surface area contributed by atoms with Crippen LogP contribution in [-0.4, -0.2) is 64.4 Å². The Kier molecular flexibility index (Phi) is 9.47. The van der Waals surface area contributed by atoms with Crippen LogP contribution in [0.1, 0.15) is 86.5 Å². The molecule has 0 spiro atoms. The number of aryl methyl sites for hydroxylation is 2. The van der Waals surface area contributed by atoms with E-state index in [0.717, 1.165) is 54.7 Å². The van der Waals surface area contributed by atoms with Gasteiger partial charge in [0.05, 0.1) is 41.3 Å². The molecule has 2 aliphatic heterocycles. The van der Waals surface area contributed by atoms with Gasteiger partial charge >= 0.3 is 0 Å². The maximum absolute atomic E-state index is 14.7. The lowest BCUT2D eigenvalue weighted by molar-refractivity contribution is 0.0317. The molecule has 2 fully saturated rings. The van der Waals surface area contributed by atoms with Gasteiger partial charge in [-0.15, -0.1) is 0 Å². The van der Waals surface area contributed by atoms with Gasteiger partial charge in [0, 0.05) is 29.8 Å². The summed E-state index contributed by atoms with van der Waals surface area (Å²) in [7, 11) is -4.17. The lowest BCUT2D eigenvalue weighted by Gasteiger charge is -2.45. The van der Waals surface area contributed by atoms with Gasteiger partial charge < -0.3 is 14.5 Å². The number of rotatable bonds is 6. The number of anilines is 2. The number of ether oxygens (including phenoxy) is 1. The molecule has 1 saturated carbocycles. The Hall–Kier alpha value is -4.58. The van der Waals surface area contributed by atoms with Crippen LogP contribution in [-0.2, 0) is 16.6 Å².